The summed E-state index contributed by atoms with van der Waals surface area (Å²) >= 11 is 17.7. The molecule has 0 aliphatic heterocycles. The lowest BCUT2D eigenvalue weighted by Gasteiger charge is -2.08. The van der Waals surface area contributed by atoms with Gasteiger partial charge in [-0.1, -0.05) is 34.8 Å². The van der Waals surface area contributed by atoms with Crippen LogP contribution >= 0.6 is 34.8 Å². The van der Waals surface area contributed by atoms with Crippen LogP contribution < -0.4 is 0 Å². The van der Waals surface area contributed by atoms with Crippen molar-refractivity contribution in [3.8, 4) is 0 Å². The normalized spacial score (nSPS) is 12.2. The summed E-state index contributed by atoms with van der Waals surface area (Å²) < 4.78 is 12.4. The fraction of sp³-hybridized carbons (Fsp3) is 0. The SMILES string of the molecule is O=C(O)c1cc(Cl)c(S(=O)c2ccc(Cl)cc2)c(Cl)c1. The third kappa shape index (κ3) is 3.15. The van der Waals surface area contributed by atoms with Crippen LogP contribution in [0.5, 0.6) is 0 Å². The van der Waals surface area contributed by atoms with Crippen molar-refractivity contribution in [2.24, 2.45) is 0 Å². The number of hydrogen-bond acceptors (Lipinski definition) is 2. The lowest BCUT2D eigenvalue weighted by Crippen LogP contribution is -2.00. The summed E-state index contributed by atoms with van der Waals surface area (Å²) in [5, 5.41) is 9.51. The Bertz CT molecular complexity index is 676. The molecule has 20 heavy (non-hydrogen) atoms. The largest absolute Gasteiger partial charge is 0.478 e. The second-order valence-electron chi connectivity index (χ2n) is 3.80. The van der Waals surface area contributed by atoms with Gasteiger partial charge in [-0.05, 0) is 36.4 Å². The Balaban J connectivity index is 2.50. The van der Waals surface area contributed by atoms with Gasteiger partial charge in [-0.2, -0.15) is 0 Å². The fourth-order valence-electron chi connectivity index (χ4n) is 1.54. The molecule has 2 aromatic rings. The van der Waals surface area contributed by atoms with Gasteiger partial charge >= 0.3 is 5.97 Å². The molecule has 0 heterocycles. The number of hydrogen-bond donors (Lipinski definition) is 1. The summed E-state index contributed by atoms with van der Waals surface area (Å²) in [5.74, 6) is -1.15. The van der Waals surface area contributed by atoms with Crippen LogP contribution in [-0.4, -0.2) is 15.3 Å². The van der Waals surface area contributed by atoms with Crippen molar-refractivity contribution in [2.45, 2.75) is 9.79 Å². The molecule has 0 aliphatic rings. The minimum Gasteiger partial charge on any atom is -0.478 e. The van der Waals surface area contributed by atoms with Gasteiger partial charge in [-0.15, -0.1) is 0 Å². The van der Waals surface area contributed by atoms with E-state index in [1.165, 1.54) is 12.1 Å². The molecule has 7 heteroatoms. The van der Waals surface area contributed by atoms with E-state index in [0.717, 1.165) is 0 Å². The Morgan fingerprint density at radius 1 is 1.00 bits per heavy atom. The smallest absolute Gasteiger partial charge is 0.335 e. The lowest BCUT2D eigenvalue weighted by molar-refractivity contribution is 0.0697. The van der Waals surface area contributed by atoms with Crippen LogP contribution in [0.1, 0.15) is 10.4 Å². The summed E-state index contributed by atoms with van der Waals surface area (Å²) in [6, 6.07) is 8.83. The third-order valence-electron chi connectivity index (χ3n) is 2.46. The van der Waals surface area contributed by atoms with Crippen molar-refractivity contribution in [1.29, 1.82) is 0 Å². The number of rotatable bonds is 3. The molecule has 1 unspecified atom stereocenters. The molecule has 1 atom stereocenters. The fourth-order valence-corrected chi connectivity index (χ4v) is 3.66. The van der Waals surface area contributed by atoms with Crippen LogP contribution in [0.2, 0.25) is 15.1 Å². The molecule has 104 valence electrons. The van der Waals surface area contributed by atoms with E-state index in [-0.39, 0.29) is 20.5 Å². The van der Waals surface area contributed by atoms with Gasteiger partial charge in [0.25, 0.3) is 0 Å². The zero-order chi connectivity index (χ0) is 14.9. The first-order valence-electron chi connectivity index (χ1n) is 5.30. The highest BCUT2D eigenvalue weighted by atomic mass is 35.5. The van der Waals surface area contributed by atoms with E-state index in [1.54, 1.807) is 24.3 Å². The first-order chi connectivity index (χ1) is 9.40. The average molecular weight is 350 g/mol. The summed E-state index contributed by atoms with van der Waals surface area (Å²) in [4.78, 5) is 11.5. The van der Waals surface area contributed by atoms with E-state index in [2.05, 4.69) is 0 Å². The number of carbonyl (C=O) groups is 1. The molecule has 2 aromatic carbocycles. The van der Waals surface area contributed by atoms with E-state index in [4.69, 9.17) is 39.9 Å². The molecule has 0 saturated carbocycles. The number of aromatic carboxylic acids is 1. The van der Waals surface area contributed by atoms with Crippen LogP contribution in [0, 0.1) is 0 Å². The minimum absolute atomic E-state index is 0.0446. The zero-order valence-corrected chi connectivity index (χ0v) is 12.9. The first kappa shape index (κ1) is 15.3. The maximum absolute atomic E-state index is 12.4. The van der Waals surface area contributed by atoms with Crippen molar-refractivity contribution >= 4 is 51.6 Å². The molecule has 3 nitrogen and oxygen atoms in total. The van der Waals surface area contributed by atoms with Gasteiger partial charge in [-0.25, -0.2) is 9.00 Å². The number of benzene rings is 2. The second-order valence-corrected chi connectivity index (χ2v) is 6.46. The standard InChI is InChI=1S/C13H7Cl3O3S/c14-8-1-3-9(4-2-8)20(19)12-10(15)5-7(13(17)18)6-11(12)16/h1-6H,(H,17,18). The monoisotopic (exact) mass is 348 g/mol. The van der Waals surface area contributed by atoms with Crippen molar-refractivity contribution in [1.82, 2.24) is 0 Å². The molecule has 0 saturated heterocycles. The summed E-state index contributed by atoms with van der Waals surface area (Å²) in [6.45, 7) is 0. The molecular weight excluding hydrogens is 343 g/mol. The molecule has 2 rings (SSSR count). The molecule has 0 spiro atoms. The number of carboxylic acids is 1. The molecule has 0 bridgehead atoms. The predicted octanol–water partition coefficient (Wildman–Crippen LogP) is 4.51. The summed E-state index contributed by atoms with van der Waals surface area (Å²) in [6.07, 6.45) is 0. The van der Waals surface area contributed by atoms with Crippen LogP contribution in [0.25, 0.3) is 0 Å². The lowest BCUT2D eigenvalue weighted by atomic mass is 10.2. The van der Waals surface area contributed by atoms with Crippen molar-refractivity contribution in [3.05, 3.63) is 57.0 Å². The molecule has 0 fully saturated rings. The zero-order valence-electron chi connectivity index (χ0n) is 9.77. The van der Waals surface area contributed by atoms with Gasteiger partial charge in [-0.3, -0.25) is 0 Å². The quantitative estimate of drug-likeness (QED) is 0.887. The highest BCUT2D eigenvalue weighted by Gasteiger charge is 2.18. The molecule has 1 N–H and O–H groups in total. The Morgan fingerprint density at radius 2 is 1.50 bits per heavy atom. The van der Waals surface area contributed by atoms with E-state index in [9.17, 15) is 9.00 Å². The van der Waals surface area contributed by atoms with Gasteiger partial charge in [0.2, 0.25) is 0 Å². The topological polar surface area (TPSA) is 54.4 Å². The Morgan fingerprint density at radius 3 is 1.95 bits per heavy atom. The van der Waals surface area contributed by atoms with E-state index in [1.807, 2.05) is 0 Å². The maximum Gasteiger partial charge on any atom is 0.335 e. The molecule has 0 radical (unpaired) electrons. The van der Waals surface area contributed by atoms with Crippen LogP contribution in [0.15, 0.2) is 46.2 Å². The second kappa shape index (κ2) is 6.14. The number of halogens is 3. The predicted molar refractivity (Wildman–Crippen MR) is 79.5 cm³/mol. The van der Waals surface area contributed by atoms with Gasteiger partial charge < -0.3 is 5.11 Å². The minimum atomic E-state index is -1.62. The van der Waals surface area contributed by atoms with Crippen LogP contribution in [0.3, 0.4) is 0 Å². The van der Waals surface area contributed by atoms with Gasteiger partial charge in [0.05, 0.1) is 31.3 Å². The van der Waals surface area contributed by atoms with Gasteiger partial charge in [0.15, 0.2) is 0 Å². The van der Waals surface area contributed by atoms with Crippen molar-refractivity contribution in [3.63, 3.8) is 0 Å². The summed E-state index contributed by atoms with van der Waals surface area (Å²) in [5.41, 5.74) is -0.0585. The van der Waals surface area contributed by atoms with E-state index in [0.29, 0.717) is 9.92 Å². The number of carboxylic acid groups (broad SMARTS) is 1. The van der Waals surface area contributed by atoms with Crippen molar-refractivity contribution < 1.29 is 14.1 Å². The molecule has 0 amide bonds. The molecule has 0 aliphatic carbocycles. The molecule has 0 aromatic heterocycles. The van der Waals surface area contributed by atoms with Crippen molar-refractivity contribution in [2.75, 3.05) is 0 Å². The Hall–Kier alpha value is -1.07. The first-order valence-corrected chi connectivity index (χ1v) is 7.58. The Kier molecular flexibility index (Phi) is 4.70. The van der Waals surface area contributed by atoms with Gasteiger partial charge in [0, 0.05) is 9.92 Å². The maximum atomic E-state index is 12.4. The Labute approximate surface area is 132 Å². The van der Waals surface area contributed by atoms with E-state index < -0.39 is 16.8 Å². The van der Waals surface area contributed by atoms with Crippen LogP contribution in [0.4, 0.5) is 0 Å². The van der Waals surface area contributed by atoms with Gasteiger partial charge in [0.1, 0.15) is 0 Å². The van der Waals surface area contributed by atoms with Crippen LogP contribution in [-0.2, 0) is 10.8 Å². The molecular formula is C13H7Cl3O3S. The average Bonchev–Trinajstić information content (AvgIpc) is 2.38. The highest BCUT2D eigenvalue weighted by Crippen LogP contribution is 2.32. The highest BCUT2D eigenvalue weighted by molar-refractivity contribution is 7.85. The van der Waals surface area contributed by atoms with E-state index >= 15 is 0 Å². The third-order valence-corrected chi connectivity index (χ3v) is 5.04. The summed E-state index contributed by atoms with van der Waals surface area (Å²) in [7, 11) is -1.62.